The Bertz CT molecular complexity index is 1220. The first-order valence-electron chi connectivity index (χ1n) is 9.63. The minimum Gasteiger partial charge on any atom is -0.484 e. The van der Waals surface area contributed by atoms with E-state index in [-0.39, 0.29) is 24.6 Å². The summed E-state index contributed by atoms with van der Waals surface area (Å²) in [4.78, 5) is 12.2. The van der Waals surface area contributed by atoms with Crippen molar-refractivity contribution in [1.29, 1.82) is 0 Å². The van der Waals surface area contributed by atoms with Gasteiger partial charge in [-0.2, -0.15) is 0 Å². The Balaban J connectivity index is 1.67. The van der Waals surface area contributed by atoms with E-state index in [9.17, 15) is 17.6 Å². The fraction of sp³-hybridized carbons (Fsp3) is 0.174. The number of carbonyl (C=O) groups excluding carboxylic acids is 1. The third-order valence-corrected chi connectivity index (χ3v) is 6.02. The standard InChI is InChI=1S/C23H22ClFN2O4S/c1-16-7-8-18(24)13-22(16)26-23(28)15-31-20-11-9-19(10-12-20)27(32(2,29)30)14-17-5-3-4-6-21(17)25/h3-13H,14-15H2,1-2H3,(H,26,28). The first-order chi connectivity index (χ1) is 15.1. The van der Waals surface area contributed by atoms with E-state index in [1.807, 2.05) is 6.92 Å². The van der Waals surface area contributed by atoms with E-state index in [4.69, 9.17) is 16.3 Å². The zero-order valence-electron chi connectivity index (χ0n) is 17.5. The van der Waals surface area contributed by atoms with Crippen LogP contribution in [-0.2, 0) is 21.4 Å². The van der Waals surface area contributed by atoms with Gasteiger partial charge in [-0.3, -0.25) is 9.10 Å². The molecule has 0 bridgehead atoms. The average molecular weight is 477 g/mol. The molecule has 0 spiro atoms. The number of carbonyl (C=O) groups is 1. The SMILES string of the molecule is Cc1ccc(Cl)cc1NC(=O)COc1ccc(N(Cc2ccccc2F)S(C)(=O)=O)cc1. The van der Waals surface area contributed by atoms with Crippen molar-refractivity contribution < 1.29 is 22.3 Å². The second-order valence-corrected chi connectivity index (χ2v) is 9.49. The fourth-order valence-electron chi connectivity index (χ4n) is 2.95. The number of rotatable bonds is 8. The Morgan fingerprint density at radius 3 is 2.44 bits per heavy atom. The third-order valence-electron chi connectivity index (χ3n) is 4.64. The zero-order valence-corrected chi connectivity index (χ0v) is 19.1. The highest BCUT2D eigenvalue weighted by Gasteiger charge is 2.19. The molecule has 0 aliphatic carbocycles. The minimum absolute atomic E-state index is 0.146. The van der Waals surface area contributed by atoms with E-state index in [1.165, 1.54) is 24.3 Å². The Kier molecular flexibility index (Phi) is 7.37. The van der Waals surface area contributed by atoms with Crippen LogP contribution < -0.4 is 14.4 Å². The molecule has 0 heterocycles. The van der Waals surface area contributed by atoms with Crippen molar-refractivity contribution in [2.75, 3.05) is 22.5 Å². The normalized spacial score (nSPS) is 11.1. The van der Waals surface area contributed by atoms with Gasteiger partial charge in [0.25, 0.3) is 5.91 Å². The molecular formula is C23H22ClFN2O4S. The summed E-state index contributed by atoms with van der Waals surface area (Å²) >= 11 is 5.96. The lowest BCUT2D eigenvalue weighted by molar-refractivity contribution is -0.118. The lowest BCUT2D eigenvalue weighted by Crippen LogP contribution is -2.29. The number of anilines is 2. The summed E-state index contributed by atoms with van der Waals surface area (Å²) in [6.07, 6.45) is 1.06. The number of hydrogen-bond acceptors (Lipinski definition) is 4. The number of aryl methyl sites for hydroxylation is 1. The van der Waals surface area contributed by atoms with Crippen LogP contribution in [0.2, 0.25) is 5.02 Å². The van der Waals surface area contributed by atoms with E-state index in [2.05, 4.69) is 5.32 Å². The first-order valence-corrected chi connectivity index (χ1v) is 11.9. The van der Waals surface area contributed by atoms with Crippen LogP contribution in [0.15, 0.2) is 66.7 Å². The van der Waals surface area contributed by atoms with Crippen LogP contribution in [0, 0.1) is 12.7 Å². The van der Waals surface area contributed by atoms with Crippen LogP contribution in [0.3, 0.4) is 0 Å². The maximum absolute atomic E-state index is 14.0. The number of halogens is 2. The molecule has 9 heteroatoms. The number of amides is 1. The summed E-state index contributed by atoms with van der Waals surface area (Å²) in [5.74, 6) is -0.468. The lowest BCUT2D eigenvalue weighted by Gasteiger charge is -2.23. The molecule has 0 atom stereocenters. The largest absolute Gasteiger partial charge is 0.484 e. The smallest absolute Gasteiger partial charge is 0.262 e. The summed E-state index contributed by atoms with van der Waals surface area (Å²) in [6, 6.07) is 17.4. The van der Waals surface area contributed by atoms with Crippen LogP contribution in [0.4, 0.5) is 15.8 Å². The van der Waals surface area contributed by atoms with Gasteiger partial charge < -0.3 is 10.1 Å². The molecule has 0 aromatic heterocycles. The first kappa shape index (κ1) is 23.6. The molecule has 1 N–H and O–H groups in total. The zero-order chi connectivity index (χ0) is 23.3. The topological polar surface area (TPSA) is 75.7 Å². The molecule has 0 aliphatic heterocycles. The van der Waals surface area contributed by atoms with Gasteiger partial charge in [-0.15, -0.1) is 0 Å². The monoisotopic (exact) mass is 476 g/mol. The predicted octanol–water partition coefficient (Wildman–Crippen LogP) is 4.77. The number of nitrogens with one attached hydrogen (secondary N) is 1. The highest BCUT2D eigenvalue weighted by Crippen LogP contribution is 2.25. The summed E-state index contributed by atoms with van der Waals surface area (Å²) in [6.45, 7) is 1.46. The van der Waals surface area contributed by atoms with Crippen molar-refractivity contribution in [2.24, 2.45) is 0 Å². The van der Waals surface area contributed by atoms with Crippen molar-refractivity contribution in [3.8, 4) is 5.75 Å². The van der Waals surface area contributed by atoms with Gasteiger partial charge in [0, 0.05) is 16.3 Å². The molecule has 0 saturated heterocycles. The maximum atomic E-state index is 14.0. The van der Waals surface area contributed by atoms with Gasteiger partial charge in [0.2, 0.25) is 10.0 Å². The molecule has 3 aromatic carbocycles. The van der Waals surface area contributed by atoms with Crippen LogP contribution in [0.5, 0.6) is 5.75 Å². The molecule has 3 rings (SSSR count). The number of benzene rings is 3. The molecule has 1 amide bonds. The van der Waals surface area contributed by atoms with E-state index in [0.29, 0.717) is 22.1 Å². The van der Waals surface area contributed by atoms with Gasteiger partial charge in [-0.1, -0.05) is 35.9 Å². The average Bonchev–Trinajstić information content (AvgIpc) is 2.74. The van der Waals surface area contributed by atoms with Crippen LogP contribution >= 0.6 is 11.6 Å². The molecule has 0 fully saturated rings. The number of hydrogen-bond donors (Lipinski definition) is 1. The lowest BCUT2D eigenvalue weighted by atomic mass is 10.2. The van der Waals surface area contributed by atoms with Crippen LogP contribution in [0.25, 0.3) is 0 Å². The summed E-state index contributed by atoms with van der Waals surface area (Å²) < 4.78 is 45.2. The molecule has 3 aromatic rings. The third kappa shape index (κ3) is 6.21. The van der Waals surface area contributed by atoms with Crippen molar-refractivity contribution >= 4 is 38.9 Å². The molecule has 0 radical (unpaired) electrons. The number of sulfonamides is 1. The molecule has 32 heavy (non-hydrogen) atoms. The van der Waals surface area contributed by atoms with E-state index in [0.717, 1.165) is 16.1 Å². The van der Waals surface area contributed by atoms with Crippen LogP contribution in [-0.4, -0.2) is 27.2 Å². The summed E-state index contributed by atoms with van der Waals surface area (Å²) in [5, 5.41) is 3.24. The Labute approximate surface area is 191 Å². The van der Waals surface area contributed by atoms with Gasteiger partial charge >= 0.3 is 0 Å². The second-order valence-electron chi connectivity index (χ2n) is 7.15. The Morgan fingerprint density at radius 2 is 1.78 bits per heavy atom. The molecular weight excluding hydrogens is 455 g/mol. The van der Waals surface area contributed by atoms with Crippen molar-refractivity contribution in [3.63, 3.8) is 0 Å². The molecule has 168 valence electrons. The highest BCUT2D eigenvalue weighted by molar-refractivity contribution is 7.92. The molecule has 0 unspecified atom stereocenters. The quantitative estimate of drug-likeness (QED) is 0.508. The van der Waals surface area contributed by atoms with E-state index in [1.54, 1.807) is 42.5 Å². The minimum atomic E-state index is -3.66. The molecule has 0 aliphatic rings. The number of ether oxygens (including phenoxy) is 1. The van der Waals surface area contributed by atoms with Gasteiger partial charge in [-0.05, 0) is 55.0 Å². The van der Waals surface area contributed by atoms with Gasteiger partial charge in [0.15, 0.2) is 6.61 Å². The molecule has 6 nitrogen and oxygen atoms in total. The second kappa shape index (κ2) is 10.0. The van der Waals surface area contributed by atoms with Gasteiger partial charge in [0.05, 0.1) is 18.5 Å². The predicted molar refractivity (Wildman–Crippen MR) is 124 cm³/mol. The van der Waals surface area contributed by atoms with Gasteiger partial charge in [-0.25, -0.2) is 12.8 Å². The Morgan fingerprint density at radius 1 is 1.09 bits per heavy atom. The molecule has 0 saturated carbocycles. The number of nitrogens with zero attached hydrogens (tertiary/aromatic N) is 1. The van der Waals surface area contributed by atoms with Crippen molar-refractivity contribution in [1.82, 2.24) is 0 Å². The van der Waals surface area contributed by atoms with Gasteiger partial charge in [0.1, 0.15) is 11.6 Å². The Hall–Kier alpha value is -3.10. The van der Waals surface area contributed by atoms with E-state index < -0.39 is 15.8 Å². The maximum Gasteiger partial charge on any atom is 0.262 e. The fourth-order valence-corrected chi connectivity index (χ4v) is 4.00. The summed E-state index contributed by atoms with van der Waals surface area (Å²) in [7, 11) is -3.66. The van der Waals surface area contributed by atoms with Crippen molar-refractivity contribution in [2.45, 2.75) is 13.5 Å². The highest BCUT2D eigenvalue weighted by atomic mass is 35.5. The van der Waals surface area contributed by atoms with E-state index >= 15 is 0 Å². The summed E-state index contributed by atoms with van der Waals surface area (Å²) in [5.41, 5.74) is 2.06. The van der Waals surface area contributed by atoms with Crippen molar-refractivity contribution in [3.05, 3.63) is 88.7 Å². The van der Waals surface area contributed by atoms with Crippen LogP contribution in [0.1, 0.15) is 11.1 Å².